The Bertz CT molecular complexity index is 501. The number of carbonyl (C=O) groups is 2. The first-order valence-corrected chi connectivity index (χ1v) is 4.99. The summed E-state index contributed by atoms with van der Waals surface area (Å²) < 4.78 is 0. The van der Waals surface area contributed by atoms with Crippen LogP contribution in [0.4, 0.5) is 11.4 Å². The Labute approximate surface area is 102 Å². The predicted molar refractivity (Wildman–Crippen MR) is 63.7 cm³/mol. The van der Waals surface area contributed by atoms with Crippen LogP contribution < -0.4 is 16.2 Å². The number of hydrogen-bond acceptors (Lipinski definition) is 5. The number of rotatable bonds is 3. The topological polar surface area (TPSA) is 113 Å². The van der Waals surface area contributed by atoms with Crippen LogP contribution in [-0.4, -0.2) is 23.8 Å². The first-order valence-electron chi connectivity index (χ1n) is 4.99. The van der Waals surface area contributed by atoms with Crippen molar-refractivity contribution in [2.75, 3.05) is 12.5 Å². The third-order valence-electron chi connectivity index (χ3n) is 2.16. The summed E-state index contributed by atoms with van der Waals surface area (Å²) in [7, 11) is 1.33. The molecule has 0 aliphatic rings. The van der Waals surface area contributed by atoms with Gasteiger partial charge in [0.15, 0.2) is 0 Å². The Hall–Kier alpha value is -2.64. The number of nitro groups is 1. The maximum absolute atomic E-state index is 11.1. The molecule has 0 bridgehead atoms. The van der Waals surface area contributed by atoms with Crippen molar-refractivity contribution in [3.05, 3.63) is 33.9 Å². The summed E-state index contributed by atoms with van der Waals surface area (Å²) in [4.78, 5) is 32.1. The zero-order valence-electron chi connectivity index (χ0n) is 9.81. The Balaban J connectivity index is 2.72. The fraction of sp³-hybridized carbons (Fsp3) is 0.200. The van der Waals surface area contributed by atoms with Gasteiger partial charge in [-0.2, -0.15) is 0 Å². The van der Waals surface area contributed by atoms with Gasteiger partial charge in [0, 0.05) is 19.2 Å². The van der Waals surface area contributed by atoms with Gasteiger partial charge in [-0.1, -0.05) is 0 Å². The van der Waals surface area contributed by atoms with Gasteiger partial charge in [-0.15, -0.1) is 0 Å². The number of nitro benzene ring substituents is 1. The molecule has 0 saturated carbocycles. The molecule has 1 aromatic carbocycles. The molecule has 0 unspecified atom stereocenters. The number of non-ortho nitro benzene ring substituents is 1. The maximum atomic E-state index is 11.1. The average Bonchev–Trinajstić information content (AvgIpc) is 2.35. The van der Waals surface area contributed by atoms with Crippen molar-refractivity contribution < 1.29 is 14.5 Å². The lowest BCUT2D eigenvalue weighted by atomic mass is 10.2. The van der Waals surface area contributed by atoms with Crippen LogP contribution in [0.5, 0.6) is 0 Å². The van der Waals surface area contributed by atoms with Crippen LogP contribution in [0.25, 0.3) is 0 Å². The molecule has 96 valence electrons. The summed E-state index contributed by atoms with van der Waals surface area (Å²) in [6, 6.07) is 4.09. The lowest BCUT2D eigenvalue weighted by Crippen LogP contribution is -2.41. The summed E-state index contributed by atoms with van der Waals surface area (Å²) in [6.45, 7) is 1.64. The molecule has 18 heavy (non-hydrogen) atoms. The van der Waals surface area contributed by atoms with Gasteiger partial charge in [0.05, 0.1) is 10.6 Å². The molecule has 8 nitrogen and oxygen atoms in total. The van der Waals surface area contributed by atoms with E-state index in [-0.39, 0.29) is 5.69 Å². The Kier molecular flexibility index (Phi) is 4.19. The van der Waals surface area contributed by atoms with Gasteiger partial charge in [0.2, 0.25) is 0 Å². The fourth-order valence-corrected chi connectivity index (χ4v) is 1.20. The van der Waals surface area contributed by atoms with Gasteiger partial charge < -0.3 is 5.32 Å². The van der Waals surface area contributed by atoms with Crippen molar-refractivity contribution in [1.29, 1.82) is 0 Å². The summed E-state index contributed by atoms with van der Waals surface area (Å²) in [5.74, 6) is -1.64. The summed E-state index contributed by atoms with van der Waals surface area (Å²) in [5, 5.41) is 12.7. The Morgan fingerprint density at radius 2 is 1.94 bits per heavy atom. The zero-order valence-corrected chi connectivity index (χ0v) is 9.81. The van der Waals surface area contributed by atoms with Crippen LogP contribution in [-0.2, 0) is 9.59 Å². The second-order valence-corrected chi connectivity index (χ2v) is 3.41. The second kappa shape index (κ2) is 5.62. The van der Waals surface area contributed by atoms with Crippen LogP contribution in [0.3, 0.4) is 0 Å². The van der Waals surface area contributed by atoms with Crippen molar-refractivity contribution >= 4 is 23.2 Å². The molecule has 0 radical (unpaired) electrons. The van der Waals surface area contributed by atoms with Crippen molar-refractivity contribution in [1.82, 2.24) is 10.7 Å². The number of nitrogens with one attached hydrogen (secondary N) is 3. The Morgan fingerprint density at radius 3 is 2.44 bits per heavy atom. The van der Waals surface area contributed by atoms with Gasteiger partial charge >= 0.3 is 11.8 Å². The lowest BCUT2D eigenvalue weighted by Gasteiger charge is -2.09. The molecule has 3 N–H and O–H groups in total. The number of aryl methyl sites for hydroxylation is 1. The van der Waals surface area contributed by atoms with Gasteiger partial charge in [-0.25, -0.2) is 0 Å². The normalized spacial score (nSPS) is 9.44. The van der Waals surface area contributed by atoms with E-state index in [2.05, 4.69) is 16.2 Å². The SMILES string of the molecule is CNC(=O)C(=O)NNc1ccc([N+](=O)[O-])cc1C. The summed E-state index contributed by atoms with van der Waals surface area (Å²) in [6.07, 6.45) is 0. The highest BCUT2D eigenvalue weighted by atomic mass is 16.6. The van der Waals surface area contributed by atoms with E-state index >= 15 is 0 Å². The second-order valence-electron chi connectivity index (χ2n) is 3.41. The molecule has 0 aliphatic heterocycles. The molecule has 0 heterocycles. The highest BCUT2D eigenvalue weighted by Crippen LogP contribution is 2.20. The molecule has 0 fully saturated rings. The third-order valence-corrected chi connectivity index (χ3v) is 2.16. The summed E-state index contributed by atoms with van der Waals surface area (Å²) in [5.41, 5.74) is 5.67. The van der Waals surface area contributed by atoms with E-state index in [9.17, 15) is 19.7 Å². The van der Waals surface area contributed by atoms with Crippen LogP contribution in [0.1, 0.15) is 5.56 Å². The first kappa shape index (κ1) is 13.4. The fourth-order valence-electron chi connectivity index (χ4n) is 1.20. The van der Waals surface area contributed by atoms with E-state index in [1.807, 2.05) is 0 Å². The average molecular weight is 252 g/mol. The van der Waals surface area contributed by atoms with Crippen LogP contribution in [0.15, 0.2) is 18.2 Å². The number of hydrogen-bond donors (Lipinski definition) is 3. The molecule has 0 atom stereocenters. The quantitative estimate of drug-likeness (QED) is 0.401. The number of likely N-dealkylation sites (N-methyl/N-ethyl adjacent to an activating group) is 1. The van der Waals surface area contributed by atoms with E-state index < -0.39 is 16.7 Å². The molecule has 8 heteroatoms. The van der Waals surface area contributed by atoms with E-state index in [1.165, 1.54) is 25.2 Å². The molecule has 1 aromatic rings. The van der Waals surface area contributed by atoms with Crippen LogP contribution in [0, 0.1) is 17.0 Å². The largest absolute Gasteiger partial charge is 0.351 e. The Morgan fingerprint density at radius 1 is 1.28 bits per heavy atom. The molecule has 0 aliphatic carbocycles. The van der Waals surface area contributed by atoms with Crippen molar-refractivity contribution in [2.45, 2.75) is 6.92 Å². The van der Waals surface area contributed by atoms with Gasteiger partial charge in [-0.3, -0.25) is 30.6 Å². The zero-order chi connectivity index (χ0) is 13.7. The molecular weight excluding hydrogens is 240 g/mol. The molecule has 0 aromatic heterocycles. The van der Waals surface area contributed by atoms with Gasteiger partial charge in [-0.05, 0) is 18.6 Å². The molecular formula is C10H12N4O4. The number of anilines is 1. The lowest BCUT2D eigenvalue weighted by molar-refractivity contribution is -0.384. The van der Waals surface area contributed by atoms with Gasteiger partial charge in [0.25, 0.3) is 5.69 Å². The number of carbonyl (C=O) groups excluding carboxylic acids is 2. The minimum absolute atomic E-state index is 0.0457. The number of amides is 2. The van der Waals surface area contributed by atoms with Crippen molar-refractivity contribution in [2.24, 2.45) is 0 Å². The van der Waals surface area contributed by atoms with Gasteiger partial charge in [0.1, 0.15) is 0 Å². The number of hydrazine groups is 1. The smallest absolute Gasteiger partial charge is 0.327 e. The first-order chi connectivity index (χ1) is 8.45. The highest BCUT2D eigenvalue weighted by molar-refractivity contribution is 6.35. The highest BCUT2D eigenvalue weighted by Gasteiger charge is 2.12. The monoisotopic (exact) mass is 252 g/mol. The predicted octanol–water partition coefficient (Wildman–Crippen LogP) is 0.0923. The molecule has 2 amide bonds. The van der Waals surface area contributed by atoms with Crippen LogP contribution >= 0.6 is 0 Å². The molecule has 1 rings (SSSR count). The number of benzene rings is 1. The van der Waals surface area contributed by atoms with Crippen LogP contribution in [0.2, 0.25) is 0 Å². The van der Waals surface area contributed by atoms with Crippen molar-refractivity contribution in [3.63, 3.8) is 0 Å². The standard InChI is InChI=1S/C10H12N4O4/c1-6-5-7(14(17)18)3-4-8(6)12-13-10(16)9(15)11-2/h3-5,12H,1-2H3,(H,11,15)(H,13,16). The minimum Gasteiger partial charge on any atom is -0.351 e. The molecule has 0 saturated heterocycles. The molecule has 0 spiro atoms. The number of nitrogens with zero attached hydrogens (tertiary/aromatic N) is 1. The van der Waals surface area contributed by atoms with E-state index in [0.29, 0.717) is 11.3 Å². The van der Waals surface area contributed by atoms with E-state index in [0.717, 1.165) is 0 Å². The summed E-state index contributed by atoms with van der Waals surface area (Å²) >= 11 is 0. The minimum atomic E-state index is -0.852. The third kappa shape index (κ3) is 3.17. The van der Waals surface area contributed by atoms with E-state index in [4.69, 9.17) is 0 Å². The van der Waals surface area contributed by atoms with Crippen molar-refractivity contribution in [3.8, 4) is 0 Å². The maximum Gasteiger partial charge on any atom is 0.327 e. The van der Waals surface area contributed by atoms with E-state index in [1.54, 1.807) is 6.92 Å².